The molecule has 1 aromatic carbocycles. The number of hydroxylamine groups is 2. The second-order valence-corrected chi connectivity index (χ2v) is 4.46. The molecule has 0 spiro atoms. The Kier molecular flexibility index (Phi) is 6.70. The maximum absolute atomic E-state index is 12.8. The van der Waals surface area contributed by atoms with E-state index in [2.05, 4.69) is 4.72 Å². The number of nitrogens with one attached hydrogen (secondary N) is 1. The zero-order valence-electron chi connectivity index (χ0n) is 11.5. The van der Waals surface area contributed by atoms with Gasteiger partial charge in [0.25, 0.3) is 11.8 Å². The molecule has 0 fully saturated rings. The molecule has 0 aliphatic rings. The molecule has 1 rings (SSSR count). The number of rotatable bonds is 6. The fraction of sp³-hybridized carbons (Fsp3) is 0.231. The number of nitrogens with zero attached hydrogens (tertiary/aromatic N) is 1. The molecule has 1 aromatic rings. The molecule has 8 heteroatoms. The van der Waals surface area contributed by atoms with Gasteiger partial charge in [0.05, 0.1) is 19.7 Å². The van der Waals surface area contributed by atoms with Gasteiger partial charge in [-0.05, 0) is 17.7 Å². The summed E-state index contributed by atoms with van der Waals surface area (Å²) in [5.41, 5.74) is 0.632. The molecule has 0 unspecified atom stereocenters. The van der Waals surface area contributed by atoms with Crippen LogP contribution in [0.4, 0.5) is 4.39 Å². The van der Waals surface area contributed by atoms with Crippen LogP contribution in [0.2, 0.25) is 0 Å². The number of hydrogen-bond donors (Lipinski definition) is 2. The van der Waals surface area contributed by atoms with Crippen molar-refractivity contribution >= 4 is 23.8 Å². The molecule has 2 N–H and O–H groups in total. The highest BCUT2D eigenvalue weighted by Crippen LogP contribution is 2.08. The zero-order chi connectivity index (χ0) is 15.8. The Hall–Kier alpha value is -2.06. The summed E-state index contributed by atoms with van der Waals surface area (Å²) in [5, 5.41) is 10.4. The van der Waals surface area contributed by atoms with Gasteiger partial charge in [-0.15, -0.1) is 0 Å². The number of aliphatic hydroxyl groups excluding tert-OH is 1. The lowest BCUT2D eigenvalue weighted by Crippen LogP contribution is -2.29. The van der Waals surface area contributed by atoms with Crippen LogP contribution in [0.3, 0.4) is 0 Å². The molecule has 2 amide bonds. The molecule has 21 heavy (non-hydrogen) atoms. The first-order valence-corrected chi connectivity index (χ1v) is 7.04. The number of hydrogen-bond acceptors (Lipinski definition) is 5. The third kappa shape index (κ3) is 5.44. The Balaban J connectivity index is 2.75. The highest BCUT2D eigenvalue weighted by atomic mass is 32.2. The largest absolute Gasteiger partial charge is 0.503 e. The molecule has 0 bridgehead atoms. The summed E-state index contributed by atoms with van der Waals surface area (Å²) in [6.45, 7) is 0.0452. The standard InChI is InChI=1S/C13H15FN2O4S/c1-20-16(8-9-3-5-10(14)6-4-9)12(18)7-11(17)13(19)15-21-2/h3-7,17H,8H2,1-2H3,(H,15,19)/b11-7-. The lowest BCUT2D eigenvalue weighted by atomic mass is 10.2. The van der Waals surface area contributed by atoms with Crippen molar-refractivity contribution in [2.45, 2.75) is 6.54 Å². The van der Waals surface area contributed by atoms with E-state index in [4.69, 9.17) is 4.84 Å². The molecular formula is C13H15FN2O4S. The van der Waals surface area contributed by atoms with Gasteiger partial charge in [-0.3, -0.25) is 19.1 Å². The first-order valence-electron chi connectivity index (χ1n) is 5.82. The summed E-state index contributed by atoms with van der Waals surface area (Å²) in [6.07, 6.45) is 2.35. The van der Waals surface area contributed by atoms with Crippen molar-refractivity contribution < 1.29 is 23.9 Å². The maximum atomic E-state index is 12.8. The SMILES string of the molecule is CON(Cc1ccc(F)cc1)C(=O)/C=C(\O)C(=O)NSC. The highest BCUT2D eigenvalue weighted by Gasteiger charge is 2.15. The van der Waals surface area contributed by atoms with Crippen LogP contribution in [0.15, 0.2) is 36.1 Å². The topological polar surface area (TPSA) is 78.9 Å². The van der Waals surface area contributed by atoms with Gasteiger partial charge in [-0.2, -0.15) is 0 Å². The third-order valence-corrected chi connectivity index (χ3v) is 2.78. The van der Waals surface area contributed by atoms with Gasteiger partial charge in [0, 0.05) is 6.26 Å². The zero-order valence-corrected chi connectivity index (χ0v) is 12.3. The van der Waals surface area contributed by atoms with Crippen molar-refractivity contribution in [3.8, 4) is 0 Å². The molecule has 0 aliphatic carbocycles. The Morgan fingerprint density at radius 3 is 2.57 bits per heavy atom. The Morgan fingerprint density at radius 1 is 1.43 bits per heavy atom. The normalized spacial score (nSPS) is 11.1. The predicted molar refractivity (Wildman–Crippen MR) is 76.3 cm³/mol. The van der Waals surface area contributed by atoms with E-state index in [0.717, 1.165) is 23.1 Å². The van der Waals surface area contributed by atoms with Crippen molar-refractivity contribution in [2.75, 3.05) is 13.4 Å². The van der Waals surface area contributed by atoms with Crippen LogP contribution in [0, 0.1) is 5.82 Å². The quantitative estimate of drug-likeness (QED) is 0.360. The molecule has 0 saturated heterocycles. The minimum absolute atomic E-state index is 0.0452. The van der Waals surface area contributed by atoms with Crippen LogP contribution in [-0.4, -0.2) is 35.3 Å². The van der Waals surface area contributed by atoms with Crippen LogP contribution in [0.1, 0.15) is 5.56 Å². The van der Waals surface area contributed by atoms with Gasteiger partial charge in [0.2, 0.25) is 0 Å². The number of carbonyl (C=O) groups excluding carboxylic acids is 2. The smallest absolute Gasteiger partial charge is 0.296 e. The molecule has 0 atom stereocenters. The van der Waals surface area contributed by atoms with E-state index >= 15 is 0 Å². The Bertz CT molecular complexity index is 533. The Morgan fingerprint density at radius 2 is 2.05 bits per heavy atom. The fourth-order valence-electron chi connectivity index (χ4n) is 1.39. The van der Waals surface area contributed by atoms with Crippen LogP contribution >= 0.6 is 11.9 Å². The predicted octanol–water partition coefficient (Wildman–Crippen LogP) is 1.55. The van der Waals surface area contributed by atoms with Crippen molar-refractivity contribution in [3.05, 3.63) is 47.5 Å². The van der Waals surface area contributed by atoms with Crippen molar-refractivity contribution in [3.63, 3.8) is 0 Å². The lowest BCUT2D eigenvalue weighted by Gasteiger charge is -2.18. The molecule has 0 aromatic heterocycles. The van der Waals surface area contributed by atoms with E-state index in [-0.39, 0.29) is 12.4 Å². The van der Waals surface area contributed by atoms with E-state index < -0.39 is 17.6 Å². The van der Waals surface area contributed by atoms with Crippen molar-refractivity contribution in [1.82, 2.24) is 9.79 Å². The van der Waals surface area contributed by atoms with Crippen molar-refractivity contribution in [2.24, 2.45) is 0 Å². The second kappa shape index (κ2) is 8.28. The summed E-state index contributed by atoms with van der Waals surface area (Å²) in [6, 6.07) is 5.51. The van der Waals surface area contributed by atoms with Crippen molar-refractivity contribution in [1.29, 1.82) is 0 Å². The van der Waals surface area contributed by atoms with Gasteiger partial charge >= 0.3 is 0 Å². The van der Waals surface area contributed by atoms with Crippen LogP contribution in [0.25, 0.3) is 0 Å². The molecule has 0 radical (unpaired) electrons. The van der Waals surface area contributed by atoms with Crippen LogP contribution in [0.5, 0.6) is 0 Å². The number of aliphatic hydroxyl groups is 1. The number of carbonyl (C=O) groups is 2. The second-order valence-electron chi connectivity index (χ2n) is 3.85. The first-order chi connectivity index (χ1) is 9.97. The average molecular weight is 314 g/mol. The summed E-state index contributed by atoms with van der Waals surface area (Å²) in [4.78, 5) is 28.0. The third-order valence-electron chi connectivity index (χ3n) is 2.39. The number of amides is 2. The molecule has 0 saturated carbocycles. The molecule has 0 aliphatic heterocycles. The van der Waals surface area contributed by atoms with Gasteiger partial charge in [0.15, 0.2) is 5.76 Å². The summed E-state index contributed by atoms with van der Waals surface area (Å²) >= 11 is 0.991. The van der Waals surface area contributed by atoms with Gasteiger partial charge in [-0.1, -0.05) is 24.1 Å². The number of benzene rings is 1. The van der Waals surface area contributed by atoms with Gasteiger partial charge in [0.1, 0.15) is 5.82 Å². The van der Waals surface area contributed by atoms with E-state index in [1.165, 1.54) is 31.4 Å². The minimum Gasteiger partial charge on any atom is -0.503 e. The van der Waals surface area contributed by atoms with Crippen LogP contribution in [-0.2, 0) is 21.0 Å². The monoisotopic (exact) mass is 314 g/mol. The summed E-state index contributed by atoms with van der Waals surface area (Å²) in [7, 11) is 1.27. The lowest BCUT2D eigenvalue weighted by molar-refractivity contribution is -0.173. The fourth-order valence-corrected chi connectivity index (χ4v) is 1.68. The highest BCUT2D eigenvalue weighted by molar-refractivity contribution is 7.97. The molecular weight excluding hydrogens is 299 g/mol. The maximum Gasteiger partial charge on any atom is 0.296 e. The minimum atomic E-state index is -0.784. The van der Waals surface area contributed by atoms with E-state index in [1.54, 1.807) is 6.26 Å². The van der Waals surface area contributed by atoms with Crippen LogP contribution < -0.4 is 4.72 Å². The average Bonchev–Trinajstić information content (AvgIpc) is 2.46. The molecule has 6 nitrogen and oxygen atoms in total. The number of halogens is 1. The van der Waals surface area contributed by atoms with E-state index in [0.29, 0.717) is 5.56 Å². The summed E-state index contributed by atoms with van der Waals surface area (Å²) < 4.78 is 15.1. The Labute approximate surface area is 125 Å². The van der Waals surface area contributed by atoms with E-state index in [1.807, 2.05) is 0 Å². The molecule has 114 valence electrons. The van der Waals surface area contributed by atoms with Gasteiger partial charge in [-0.25, -0.2) is 9.45 Å². The van der Waals surface area contributed by atoms with Gasteiger partial charge < -0.3 is 5.11 Å². The molecule has 0 heterocycles. The first kappa shape index (κ1) is 17.0. The van der Waals surface area contributed by atoms with E-state index in [9.17, 15) is 19.1 Å². The summed E-state index contributed by atoms with van der Waals surface area (Å²) in [5.74, 6) is -2.61.